The lowest BCUT2D eigenvalue weighted by Crippen LogP contribution is -2.44. The summed E-state index contributed by atoms with van der Waals surface area (Å²) in [5.74, 6) is -1.48. The van der Waals surface area contributed by atoms with Crippen molar-refractivity contribution in [2.24, 2.45) is 0 Å². The van der Waals surface area contributed by atoms with Gasteiger partial charge in [-0.15, -0.1) is 0 Å². The smallest absolute Gasteiger partial charge is 0.324 e. The fraction of sp³-hybridized carbons (Fsp3) is 0.500. The Balaban J connectivity index is 1.77. The van der Waals surface area contributed by atoms with Crippen molar-refractivity contribution in [1.29, 1.82) is 0 Å². The molecule has 2 aliphatic rings. The van der Waals surface area contributed by atoms with Crippen LogP contribution in [0.15, 0.2) is 24.3 Å². The van der Waals surface area contributed by atoms with E-state index in [0.29, 0.717) is 24.9 Å². The maximum absolute atomic E-state index is 13.6. The molecule has 1 saturated carbocycles. The summed E-state index contributed by atoms with van der Waals surface area (Å²) >= 11 is 0. The molecule has 3 rings (SSSR count). The molecule has 1 saturated heterocycles. The average Bonchev–Trinajstić information content (AvgIpc) is 3.23. The Bertz CT molecular complexity index is 700. The number of esters is 1. The first-order chi connectivity index (χ1) is 11.9. The van der Waals surface area contributed by atoms with Gasteiger partial charge in [0.15, 0.2) is 6.10 Å². The molecule has 2 fully saturated rings. The predicted molar refractivity (Wildman–Crippen MR) is 87.2 cm³/mol. The standard InChI is InChI=1S/C18H21FN2O4/c1-12(15(22)21-10-9-20-17(21)24)25-16(23)18(7-2-3-8-18)13-5-4-6-14(19)11-13/h4-6,11-12H,2-3,7-10H2,1H3,(H,20,24). The number of nitrogens with one attached hydrogen (secondary N) is 1. The summed E-state index contributed by atoms with van der Waals surface area (Å²) < 4.78 is 19.1. The van der Waals surface area contributed by atoms with E-state index in [9.17, 15) is 18.8 Å². The van der Waals surface area contributed by atoms with Gasteiger partial charge in [-0.2, -0.15) is 0 Å². The third-order valence-electron chi connectivity index (χ3n) is 4.98. The van der Waals surface area contributed by atoms with Crippen LogP contribution in [0.2, 0.25) is 0 Å². The largest absolute Gasteiger partial charge is 0.452 e. The molecule has 1 aliphatic heterocycles. The highest BCUT2D eigenvalue weighted by atomic mass is 19.1. The maximum atomic E-state index is 13.6. The van der Waals surface area contributed by atoms with Crippen LogP contribution >= 0.6 is 0 Å². The zero-order valence-electron chi connectivity index (χ0n) is 14.1. The minimum Gasteiger partial charge on any atom is -0.452 e. The number of hydrogen-bond donors (Lipinski definition) is 1. The lowest BCUT2D eigenvalue weighted by Gasteiger charge is -2.29. The van der Waals surface area contributed by atoms with E-state index in [-0.39, 0.29) is 6.54 Å². The van der Waals surface area contributed by atoms with E-state index < -0.39 is 35.2 Å². The summed E-state index contributed by atoms with van der Waals surface area (Å²) in [6.45, 7) is 2.10. The van der Waals surface area contributed by atoms with Crippen molar-refractivity contribution in [2.45, 2.75) is 44.1 Å². The fourth-order valence-corrected chi connectivity index (χ4v) is 3.60. The molecule has 1 aromatic rings. The van der Waals surface area contributed by atoms with E-state index in [0.717, 1.165) is 17.7 Å². The summed E-state index contributed by atoms with van der Waals surface area (Å²) in [5, 5.41) is 2.54. The lowest BCUT2D eigenvalue weighted by molar-refractivity contribution is -0.162. The minimum atomic E-state index is -1.07. The van der Waals surface area contributed by atoms with Crippen molar-refractivity contribution in [2.75, 3.05) is 13.1 Å². The molecular formula is C18H21FN2O4. The highest BCUT2D eigenvalue weighted by Gasteiger charge is 2.46. The first-order valence-electron chi connectivity index (χ1n) is 8.50. The number of rotatable bonds is 4. The van der Waals surface area contributed by atoms with E-state index in [4.69, 9.17) is 4.74 Å². The van der Waals surface area contributed by atoms with Crippen LogP contribution in [0, 0.1) is 5.82 Å². The van der Waals surface area contributed by atoms with Crippen LogP contribution in [-0.2, 0) is 19.7 Å². The molecule has 3 amide bonds. The van der Waals surface area contributed by atoms with Crippen LogP contribution in [0.1, 0.15) is 38.2 Å². The summed E-state index contributed by atoms with van der Waals surface area (Å²) in [4.78, 5) is 37.8. The van der Waals surface area contributed by atoms with Crippen LogP contribution in [0.3, 0.4) is 0 Å². The third-order valence-corrected chi connectivity index (χ3v) is 4.98. The van der Waals surface area contributed by atoms with Crippen molar-refractivity contribution >= 4 is 17.9 Å². The van der Waals surface area contributed by atoms with E-state index in [1.54, 1.807) is 12.1 Å². The molecular weight excluding hydrogens is 327 g/mol. The summed E-state index contributed by atoms with van der Waals surface area (Å²) in [6.07, 6.45) is 1.72. The molecule has 1 unspecified atom stereocenters. The Kier molecular flexibility index (Phi) is 4.74. The van der Waals surface area contributed by atoms with E-state index in [1.165, 1.54) is 19.1 Å². The Hall–Kier alpha value is -2.44. The van der Waals surface area contributed by atoms with Gasteiger partial charge in [-0.3, -0.25) is 14.5 Å². The second kappa shape index (κ2) is 6.82. The van der Waals surface area contributed by atoms with Crippen molar-refractivity contribution in [3.8, 4) is 0 Å². The molecule has 134 valence electrons. The molecule has 1 aromatic carbocycles. The first kappa shape index (κ1) is 17.4. The number of urea groups is 1. The van der Waals surface area contributed by atoms with Crippen LogP contribution in [0.4, 0.5) is 9.18 Å². The molecule has 1 aliphatic carbocycles. The highest BCUT2D eigenvalue weighted by Crippen LogP contribution is 2.42. The SMILES string of the molecule is CC(OC(=O)C1(c2cccc(F)c2)CCCC1)C(=O)N1CCNC1=O. The molecule has 7 heteroatoms. The molecule has 25 heavy (non-hydrogen) atoms. The van der Waals surface area contributed by atoms with Gasteiger partial charge >= 0.3 is 12.0 Å². The third kappa shape index (κ3) is 3.23. The number of ether oxygens (including phenoxy) is 1. The van der Waals surface area contributed by atoms with E-state index in [1.807, 2.05) is 0 Å². The Morgan fingerprint density at radius 1 is 1.32 bits per heavy atom. The molecule has 1 atom stereocenters. The quantitative estimate of drug-likeness (QED) is 0.846. The van der Waals surface area contributed by atoms with Crippen molar-refractivity contribution in [3.05, 3.63) is 35.6 Å². The number of carbonyl (C=O) groups excluding carboxylic acids is 3. The number of carbonyl (C=O) groups is 3. The van der Waals surface area contributed by atoms with Gasteiger partial charge in [-0.1, -0.05) is 25.0 Å². The van der Waals surface area contributed by atoms with E-state index in [2.05, 4.69) is 5.32 Å². The Morgan fingerprint density at radius 3 is 2.64 bits per heavy atom. The van der Waals surface area contributed by atoms with Gasteiger partial charge in [0.2, 0.25) is 0 Å². The van der Waals surface area contributed by atoms with Crippen molar-refractivity contribution < 1.29 is 23.5 Å². The monoisotopic (exact) mass is 348 g/mol. The molecule has 1 heterocycles. The number of amides is 3. The van der Waals surface area contributed by atoms with Crippen LogP contribution in [0.25, 0.3) is 0 Å². The fourth-order valence-electron chi connectivity index (χ4n) is 3.60. The second-order valence-corrected chi connectivity index (χ2v) is 6.57. The van der Waals surface area contributed by atoms with Gasteiger partial charge in [0.05, 0.1) is 5.41 Å². The van der Waals surface area contributed by atoms with Gasteiger partial charge in [0.1, 0.15) is 5.82 Å². The molecule has 0 radical (unpaired) electrons. The van der Waals surface area contributed by atoms with Gasteiger partial charge in [0.25, 0.3) is 5.91 Å². The highest BCUT2D eigenvalue weighted by molar-refractivity contribution is 5.98. The zero-order chi connectivity index (χ0) is 18.0. The number of nitrogens with zero attached hydrogens (tertiary/aromatic N) is 1. The summed E-state index contributed by atoms with van der Waals surface area (Å²) in [6, 6.07) is 5.49. The maximum Gasteiger partial charge on any atom is 0.324 e. The number of hydrogen-bond acceptors (Lipinski definition) is 4. The lowest BCUT2D eigenvalue weighted by atomic mass is 9.79. The molecule has 1 N–H and O–H groups in total. The van der Waals surface area contributed by atoms with Crippen LogP contribution < -0.4 is 5.32 Å². The van der Waals surface area contributed by atoms with Gasteiger partial charge in [-0.25, -0.2) is 9.18 Å². The number of imide groups is 1. The molecule has 0 spiro atoms. The number of benzene rings is 1. The average molecular weight is 348 g/mol. The molecule has 0 aromatic heterocycles. The summed E-state index contributed by atoms with van der Waals surface area (Å²) in [7, 11) is 0. The number of halogens is 1. The Morgan fingerprint density at radius 2 is 2.04 bits per heavy atom. The van der Waals surface area contributed by atoms with Crippen molar-refractivity contribution in [3.63, 3.8) is 0 Å². The summed E-state index contributed by atoms with van der Waals surface area (Å²) in [5.41, 5.74) is -0.349. The molecule has 0 bridgehead atoms. The van der Waals surface area contributed by atoms with E-state index >= 15 is 0 Å². The topological polar surface area (TPSA) is 75.7 Å². The minimum absolute atomic E-state index is 0.259. The van der Waals surface area contributed by atoms with Crippen LogP contribution in [-0.4, -0.2) is 42.0 Å². The second-order valence-electron chi connectivity index (χ2n) is 6.57. The predicted octanol–water partition coefficient (Wildman–Crippen LogP) is 2.12. The normalized spacial score (nSPS) is 20.2. The van der Waals surface area contributed by atoms with Crippen LogP contribution in [0.5, 0.6) is 0 Å². The van der Waals surface area contributed by atoms with Crippen molar-refractivity contribution in [1.82, 2.24) is 10.2 Å². The first-order valence-corrected chi connectivity index (χ1v) is 8.50. The Labute approximate surface area is 145 Å². The van der Waals surface area contributed by atoms with Gasteiger partial charge in [-0.05, 0) is 37.5 Å². The zero-order valence-corrected chi connectivity index (χ0v) is 14.1. The molecule has 6 nitrogen and oxygen atoms in total. The van der Waals surface area contributed by atoms with Gasteiger partial charge < -0.3 is 10.1 Å². The van der Waals surface area contributed by atoms with Gasteiger partial charge in [0, 0.05) is 13.1 Å².